The van der Waals surface area contributed by atoms with Gasteiger partial charge in [0.15, 0.2) is 0 Å². The van der Waals surface area contributed by atoms with Crippen molar-refractivity contribution in [1.29, 1.82) is 0 Å². The molecule has 5 heteroatoms. The van der Waals surface area contributed by atoms with Crippen molar-refractivity contribution in [3.63, 3.8) is 0 Å². The molecule has 0 radical (unpaired) electrons. The highest BCUT2D eigenvalue weighted by atomic mass is 16.2. The molecule has 2 amide bonds. The van der Waals surface area contributed by atoms with Crippen molar-refractivity contribution >= 4 is 11.8 Å². The normalized spacial score (nSPS) is 17.9. The third-order valence-electron chi connectivity index (χ3n) is 4.04. The van der Waals surface area contributed by atoms with Gasteiger partial charge < -0.3 is 15.5 Å². The number of hydrogen-bond acceptors (Lipinski definition) is 3. The number of amides is 2. The molecule has 0 spiro atoms. The molecule has 1 fully saturated rings. The molecule has 0 aromatic rings. The lowest BCUT2D eigenvalue weighted by Gasteiger charge is -2.32. The van der Waals surface area contributed by atoms with E-state index in [1.165, 1.54) is 24.2 Å². The van der Waals surface area contributed by atoms with Crippen LogP contribution in [0.25, 0.3) is 0 Å². The monoisotopic (exact) mass is 269 g/mol. The van der Waals surface area contributed by atoms with E-state index in [2.05, 4.69) is 0 Å². The second kappa shape index (κ2) is 7.48. The van der Waals surface area contributed by atoms with Gasteiger partial charge in [-0.25, -0.2) is 0 Å². The van der Waals surface area contributed by atoms with E-state index in [1.54, 1.807) is 14.0 Å². The van der Waals surface area contributed by atoms with Crippen molar-refractivity contribution in [2.45, 2.75) is 45.1 Å². The van der Waals surface area contributed by atoms with Crippen LogP contribution in [0.5, 0.6) is 0 Å². The average molecular weight is 269 g/mol. The Balaban J connectivity index is 2.46. The number of hydrogen-bond donors (Lipinski definition) is 1. The highest BCUT2D eigenvalue weighted by Crippen LogP contribution is 2.21. The molecule has 19 heavy (non-hydrogen) atoms. The molecule has 0 bridgehead atoms. The molecule has 1 saturated carbocycles. The van der Waals surface area contributed by atoms with E-state index < -0.39 is 0 Å². The fourth-order valence-corrected chi connectivity index (χ4v) is 2.54. The Morgan fingerprint density at radius 3 is 2.32 bits per heavy atom. The quantitative estimate of drug-likeness (QED) is 0.804. The first-order valence-corrected chi connectivity index (χ1v) is 7.18. The lowest BCUT2D eigenvalue weighted by Crippen LogP contribution is -2.46. The van der Waals surface area contributed by atoms with Crippen LogP contribution in [0.2, 0.25) is 0 Å². The number of carbonyl (C=O) groups is 2. The third kappa shape index (κ3) is 4.49. The Morgan fingerprint density at radius 2 is 1.79 bits per heavy atom. The number of nitrogens with two attached hydrogens (primary N) is 1. The summed E-state index contributed by atoms with van der Waals surface area (Å²) in [6, 6.07) is 0.344. The minimum atomic E-state index is -0.224. The van der Waals surface area contributed by atoms with Gasteiger partial charge in [-0.15, -0.1) is 0 Å². The molecular formula is C14H27N3O2. The van der Waals surface area contributed by atoms with Crippen molar-refractivity contribution in [2.75, 3.05) is 27.2 Å². The fourth-order valence-electron chi connectivity index (χ4n) is 2.54. The van der Waals surface area contributed by atoms with Crippen LogP contribution in [0.3, 0.4) is 0 Å². The molecule has 0 aromatic heterocycles. The Bertz CT molecular complexity index is 314. The Kier molecular flexibility index (Phi) is 6.28. The summed E-state index contributed by atoms with van der Waals surface area (Å²) < 4.78 is 0. The summed E-state index contributed by atoms with van der Waals surface area (Å²) in [5, 5.41) is 0. The van der Waals surface area contributed by atoms with Gasteiger partial charge in [-0.05, 0) is 12.8 Å². The zero-order chi connectivity index (χ0) is 14.4. The first-order chi connectivity index (χ1) is 8.97. The van der Waals surface area contributed by atoms with Crippen LogP contribution in [0.4, 0.5) is 0 Å². The molecule has 2 N–H and O–H groups in total. The SMILES string of the molecule is CC(CN)C(=O)N(C)CC(=O)N(C)C1CCCCC1. The molecule has 5 nitrogen and oxygen atoms in total. The smallest absolute Gasteiger partial charge is 0.242 e. The van der Waals surface area contributed by atoms with Crippen molar-refractivity contribution in [3.05, 3.63) is 0 Å². The van der Waals surface area contributed by atoms with Gasteiger partial charge in [0.2, 0.25) is 11.8 Å². The van der Waals surface area contributed by atoms with E-state index in [1.807, 2.05) is 11.9 Å². The minimum absolute atomic E-state index is 0.0203. The molecular weight excluding hydrogens is 242 g/mol. The van der Waals surface area contributed by atoms with E-state index >= 15 is 0 Å². The Labute approximate surface area is 116 Å². The maximum absolute atomic E-state index is 12.2. The predicted molar refractivity (Wildman–Crippen MR) is 75.5 cm³/mol. The van der Waals surface area contributed by atoms with Gasteiger partial charge in [-0.2, -0.15) is 0 Å². The second-order valence-corrected chi connectivity index (χ2v) is 5.63. The first-order valence-electron chi connectivity index (χ1n) is 7.18. The van der Waals surface area contributed by atoms with Crippen LogP contribution in [-0.2, 0) is 9.59 Å². The summed E-state index contributed by atoms with van der Waals surface area (Å²) in [5.74, 6) is -0.266. The van der Waals surface area contributed by atoms with Crippen molar-refractivity contribution in [3.8, 4) is 0 Å². The molecule has 1 atom stereocenters. The van der Waals surface area contributed by atoms with Crippen molar-refractivity contribution in [1.82, 2.24) is 9.80 Å². The van der Waals surface area contributed by atoms with Crippen LogP contribution in [0, 0.1) is 5.92 Å². The number of rotatable bonds is 5. The van der Waals surface area contributed by atoms with Gasteiger partial charge in [0.25, 0.3) is 0 Å². The van der Waals surface area contributed by atoms with E-state index in [4.69, 9.17) is 5.73 Å². The summed E-state index contributed by atoms with van der Waals surface area (Å²) in [6.07, 6.45) is 5.83. The second-order valence-electron chi connectivity index (χ2n) is 5.63. The van der Waals surface area contributed by atoms with Crippen LogP contribution in [0.15, 0.2) is 0 Å². The van der Waals surface area contributed by atoms with Crippen molar-refractivity contribution < 1.29 is 9.59 Å². The maximum Gasteiger partial charge on any atom is 0.242 e. The molecule has 110 valence electrons. The standard InChI is InChI=1S/C14H27N3O2/c1-11(9-15)14(19)16(2)10-13(18)17(3)12-7-5-4-6-8-12/h11-12H,4-10,15H2,1-3H3. The van der Waals surface area contributed by atoms with E-state index in [-0.39, 0.29) is 24.3 Å². The third-order valence-corrected chi connectivity index (χ3v) is 4.04. The van der Waals surface area contributed by atoms with Crippen LogP contribution in [-0.4, -0.2) is 54.8 Å². The molecule has 0 heterocycles. The molecule has 1 aliphatic carbocycles. The first kappa shape index (κ1) is 16.0. The van der Waals surface area contributed by atoms with E-state index in [0.717, 1.165) is 12.8 Å². The summed E-state index contributed by atoms with van der Waals surface area (Å²) in [5.41, 5.74) is 5.48. The van der Waals surface area contributed by atoms with E-state index in [0.29, 0.717) is 12.6 Å². The van der Waals surface area contributed by atoms with Gasteiger partial charge in [0, 0.05) is 32.6 Å². The summed E-state index contributed by atoms with van der Waals surface area (Å²) in [4.78, 5) is 27.4. The summed E-state index contributed by atoms with van der Waals surface area (Å²) >= 11 is 0. The molecule has 1 rings (SSSR count). The number of likely N-dealkylation sites (N-methyl/N-ethyl adjacent to an activating group) is 2. The summed E-state index contributed by atoms with van der Waals surface area (Å²) in [7, 11) is 3.52. The van der Waals surface area contributed by atoms with Gasteiger partial charge in [-0.3, -0.25) is 9.59 Å². The number of carbonyl (C=O) groups excluding carboxylic acids is 2. The highest BCUT2D eigenvalue weighted by molar-refractivity contribution is 5.85. The van der Waals surface area contributed by atoms with Gasteiger partial charge >= 0.3 is 0 Å². The molecule has 0 aliphatic heterocycles. The van der Waals surface area contributed by atoms with Gasteiger partial charge in [0.1, 0.15) is 0 Å². The number of nitrogens with zero attached hydrogens (tertiary/aromatic N) is 2. The van der Waals surface area contributed by atoms with Gasteiger partial charge in [-0.1, -0.05) is 26.2 Å². The van der Waals surface area contributed by atoms with Crippen LogP contribution in [0.1, 0.15) is 39.0 Å². The largest absolute Gasteiger partial charge is 0.341 e. The van der Waals surface area contributed by atoms with Crippen LogP contribution >= 0.6 is 0 Å². The van der Waals surface area contributed by atoms with Crippen molar-refractivity contribution in [2.24, 2.45) is 11.7 Å². The summed E-state index contributed by atoms with van der Waals surface area (Å²) in [6.45, 7) is 2.25. The Morgan fingerprint density at radius 1 is 1.21 bits per heavy atom. The molecule has 0 saturated heterocycles. The fraction of sp³-hybridized carbons (Fsp3) is 0.857. The lowest BCUT2D eigenvalue weighted by molar-refractivity contribution is -0.141. The van der Waals surface area contributed by atoms with E-state index in [9.17, 15) is 9.59 Å². The molecule has 1 unspecified atom stereocenters. The maximum atomic E-state index is 12.2. The Hall–Kier alpha value is -1.10. The zero-order valence-electron chi connectivity index (χ0n) is 12.4. The predicted octanol–water partition coefficient (Wildman–Crippen LogP) is 0.831. The molecule has 0 aromatic carbocycles. The molecule has 1 aliphatic rings. The van der Waals surface area contributed by atoms with Gasteiger partial charge in [0.05, 0.1) is 6.54 Å². The highest BCUT2D eigenvalue weighted by Gasteiger charge is 2.24. The lowest BCUT2D eigenvalue weighted by atomic mass is 9.94. The average Bonchev–Trinajstić information content (AvgIpc) is 2.45. The zero-order valence-corrected chi connectivity index (χ0v) is 12.4. The topological polar surface area (TPSA) is 66.6 Å². The minimum Gasteiger partial charge on any atom is -0.341 e. The van der Waals surface area contributed by atoms with Crippen LogP contribution < -0.4 is 5.73 Å².